The predicted molar refractivity (Wildman–Crippen MR) is 98.6 cm³/mol. The van der Waals surface area contributed by atoms with Crippen LogP contribution in [-0.2, 0) is 4.79 Å². The molecular formula is C22H28O3. The summed E-state index contributed by atoms with van der Waals surface area (Å²) in [6, 6.07) is 3.60. The molecule has 0 aromatic heterocycles. The van der Waals surface area contributed by atoms with E-state index in [9.17, 15) is 15.0 Å². The molecule has 0 spiro atoms. The van der Waals surface area contributed by atoms with Crippen molar-refractivity contribution in [3.05, 3.63) is 29.3 Å². The lowest BCUT2D eigenvalue weighted by Gasteiger charge is -2.59. The van der Waals surface area contributed by atoms with Crippen molar-refractivity contribution in [3.63, 3.8) is 0 Å². The lowest BCUT2D eigenvalue weighted by Crippen LogP contribution is -2.56. The summed E-state index contributed by atoms with van der Waals surface area (Å²) in [6.07, 6.45) is 9.24. The van der Waals surface area contributed by atoms with Gasteiger partial charge in [-0.2, -0.15) is 0 Å². The first-order valence-electron chi connectivity index (χ1n) is 9.67. The van der Waals surface area contributed by atoms with E-state index >= 15 is 0 Å². The molecule has 2 bridgehead atoms. The third kappa shape index (κ3) is 2.59. The SMILES string of the molecule is CC1(C)C2CC1C(c1c(O)cc(C3=CCCCCC3)cc1O)CC2=O. The van der Waals surface area contributed by atoms with Gasteiger partial charge in [-0.25, -0.2) is 0 Å². The number of carbonyl (C=O) groups excluding carboxylic acids is 1. The second-order valence-corrected chi connectivity index (χ2v) is 8.75. The zero-order valence-electron chi connectivity index (χ0n) is 15.2. The van der Waals surface area contributed by atoms with E-state index in [4.69, 9.17) is 0 Å². The van der Waals surface area contributed by atoms with Gasteiger partial charge in [0, 0.05) is 23.8 Å². The number of hydrogen-bond donors (Lipinski definition) is 2. The molecule has 3 fully saturated rings. The molecule has 0 saturated heterocycles. The molecule has 1 aromatic carbocycles. The van der Waals surface area contributed by atoms with Gasteiger partial charge >= 0.3 is 0 Å². The van der Waals surface area contributed by atoms with E-state index in [1.54, 1.807) is 12.1 Å². The van der Waals surface area contributed by atoms with Gasteiger partial charge in [0.1, 0.15) is 17.3 Å². The summed E-state index contributed by atoms with van der Waals surface area (Å²) in [6.45, 7) is 4.30. The number of rotatable bonds is 2. The Morgan fingerprint density at radius 2 is 1.80 bits per heavy atom. The maximum atomic E-state index is 12.4. The first kappa shape index (κ1) is 16.7. The van der Waals surface area contributed by atoms with Crippen molar-refractivity contribution in [3.8, 4) is 11.5 Å². The number of allylic oxidation sites excluding steroid dienone is 2. The van der Waals surface area contributed by atoms with Crippen LogP contribution >= 0.6 is 0 Å². The van der Waals surface area contributed by atoms with Crippen LogP contribution in [0.4, 0.5) is 0 Å². The number of phenolic OH excluding ortho intramolecular Hbond substituents is 2. The molecule has 2 N–H and O–H groups in total. The Hall–Kier alpha value is -1.77. The highest BCUT2D eigenvalue weighted by atomic mass is 16.3. The first-order valence-corrected chi connectivity index (χ1v) is 9.67. The molecular weight excluding hydrogens is 312 g/mol. The molecule has 4 aliphatic rings. The van der Waals surface area contributed by atoms with Crippen molar-refractivity contribution < 1.29 is 15.0 Å². The molecule has 25 heavy (non-hydrogen) atoms. The highest BCUT2D eigenvalue weighted by Gasteiger charge is 2.59. The molecule has 3 saturated carbocycles. The molecule has 3 unspecified atom stereocenters. The predicted octanol–water partition coefficient (Wildman–Crippen LogP) is 5.16. The number of ketones is 1. The van der Waals surface area contributed by atoms with Gasteiger partial charge in [0.25, 0.3) is 0 Å². The minimum absolute atomic E-state index is 0.0264. The van der Waals surface area contributed by atoms with Gasteiger partial charge in [-0.1, -0.05) is 26.3 Å². The molecule has 3 nitrogen and oxygen atoms in total. The maximum absolute atomic E-state index is 12.4. The van der Waals surface area contributed by atoms with Gasteiger partial charge in [-0.15, -0.1) is 0 Å². The Labute approximate surface area is 149 Å². The lowest BCUT2D eigenvalue weighted by atomic mass is 9.44. The van der Waals surface area contributed by atoms with E-state index in [0.29, 0.717) is 17.9 Å². The van der Waals surface area contributed by atoms with Crippen LogP contribution < -0.4 is 0 Å². The smallest absolute Gasteiger partial charge is 0.137 e. The summed E-state index contributed by atoms with van der Waals surface area (Å²) in [5.74, 6) is 1.04. The van der Waals surface area contributed by atoms with E-state index in [1.165, 1.54) is 18.4 Å². The first-order chi connectivity index (χ1) is 11.9. The molecule has 0 radical (unpaired) electrons. The molecule has 0 heterocycles. The normalized spacial score (nSPS) is 31.0. The Kier molecular flexibility index (Phi) is 3.93. The second-order valence-electron chi connectivity index (χ2n) is 8.75. The molecule has 4 aliphatic carbocycles. The molecule has 3 heteroatoms. The van der Waals surface area contributed by atoms with Crippen molar-refractivity contribution in [1.29, 1.82) is 0 Å². The van der Waals surface area contributed by atoms with Crippen LogP contribution in [-0.4, -0.2) is 16.0 Å². The monoisotopic (exact) mass is 340 g/mol. The molecule has 0 amide bonds. The van der Waals surface area contributed by atoms with Crippen LogP contribution in [0.1, 0.15) is 75.8 Å². The van der Waals surface area contributed by atoms with Crippen molar-refractivity contribution >= 4 is 11.4 Å². The topological polar surface area (TPSA) is 57.5 Å². The number of phenols is 2. The summed E-state index contributed by atoms with van der Waals surface area (Å²) >= 11 is 0. The Morgan fingerprint density at radius 3 is 2.44 bits per heavy atom. The average molecular weight is 340 g/mol. The van der Waals surface area contributed by atoms with E-state index in [1.807, 2.05) is 0 Å². The second kappa shape index (κ2) is 5.89. The van der Waals surface area contributed by atoms with Crippen molar-refractivity contribution in [2.75, 3.05) is 0 Å². The summed E-state index contributed by atoms with van der Waals surface area (Å²) in [4.78, 5) is 12.4. The quantitative estimate of drug-likeness (QED) is 0.781. The third-order valence-corrected chi connectivity index (χ3v) is 7.06. The van der Waals surface area contributed by atoms with Crippen molar-refractivity contribution in [2.24, 2.45) is 17.3 Å². The molecule has 3 atom stereocenters. The maximum Gasteiger partial charge on any atom is 0.137 e. The fourth-order valence-corrected chi connectivity index (χ4v) is 5.46. The van der Waals surface area contributed by atoms with Crippen LogP contribution in [0, 0.1) is 17.3 Å². The van der Waals surface area contributed by atoms with E-state index < -0.39 is 0 Å². The van der Waals surface area contributed by atoms with Crippen LogP contribution in [0.3, 0.4) is 0 Å². The van der Waals surface area contributed by atoms with Crippen LogP contribution in [0.2, 0.25) is 0 Å². The summed E-state index contributed by atoms with van der Waals surface area (Å²) in [5, 5.41) is 21.4. The minimum atomic E-state index is -0.0651. The number of hydrogen-bond acceptors (Lipinski definition) is 3. The lowest BCUT2D eigenvalue weighted by molar-refractivity contribution is -0.151. The summed E-state index contributed by atoms with van der Waals surface area (Å²) in [7, 11) is 0. The Bertz CT molecular complexity index is 721. The molecule has 1 aromatic rings. The fourth-order valence-electron chi connectivity index (χ4n) is 5.46. The number of benzene rings is 1. The third-order valence-electron chi connectivity index (χ3n) is 7.06. The van der Waals surface area contributed by atoms with Gasteiger partial charge in [0.15, 0.2) is 0 Å². The van der Waals surface area contributed by atoms with Gasteiger partial charge in [0.2, 0.25) is 0 Å². The molecule has 0 aliphatic heterocycles. The van der Waals surface area contributed by atoms with E-state index in [0.717, 1.165) is 31.2 Å². The van der Waals surface area contributed by atoms with E-state index in [2.05, 4.69) is 19.9 Å². The average Bonchev–Trinajstić information content (AvgIpc) is 2.82. The zero-order valence-corrected chi connectivity index (χ0v) is 15.2. The van der Waals surface area contributed by atoms with Crippen LogP contribution in [0.15, 0.2) is 18.2 Å². The van der Waals surface area contributed by atoms with Gasteiger partial charge in [-0.3, -0.25) is 4.79 Å². The molecule has 5 rings (SSSR count). The number of Topliss-reactive ketones (excluding diaryl/α,β-unsaturated/α-hetero) is 1. The van der Waals surface area contributed by atoms with Crippen LogP contribution in [0.25, 0.3) is 5.57 Å². The Balaban J connectivity index is 1.69. The highest BCUT2D eigenvalue weighted by molar-refractivity contribution is 5.86. The van der Waals surface area contributed by atoms with Gasteiger partial charge < -0.3 is 10.2 Å². The molecule has 134 valence electrons. The van der Waals surface area contributed by atoms with Crippen LogP contribution in [0.5, 0.6) is 11.5 Å². The number of aromatic hydroxyl groups is 2. The highest BCUT2D eigenvalue weighted by Crippen LogP contribution is 2.64. The largest absolute Gasteiger partial charge is 0.507 e. The van der Waals surface area contributed by atoms with Gasteiger partial charge in [-0.05, 0) is 66.7 Å². The minimum Gasteiger partial charge on any atom is -0.507 e. The number of fused-ring (bicyclic) bond motifs is 2. The summed E-state index contributed by atoms with van der Waals surface area (Å²) in [5.41, 5.74) is 2.70. The summed E-state index contributed by atoms with van der Waals surface area (Å²) < 4.78 is 0. The zero-order chi connectivity index (χ0) is 17.8. The van der Waals surface area contributed by atoms with Crippen molar-refractivity contribution in [2.45, 2.75) is 64.7 Å². The fraction of sp³-hybridized carbons (Fsp3) is 0.591. The number of carbonyl (C=O) groups is 1. The van der Waals surface area contributed by atoms with Crippen molar-refractivity contribution in [1.82, 2.24) is 0 Å². The van der Waals surface area contributed by atoms with Gasteiger partial charge in [0.05, 0.1) is 0 Å². The van der Waals surface area contributed by atoms with E-state index in [-0.39, 0.29) is 34.5 Å². The standard InChI is InChI=1S/C22H28O3/c1-22(2)16-12-17(22)18(23)11-15(16)21-19(24)9-14(10-20(21)25)13-7-5-3-4-6-8-13/h7,9-10,15-17,24-25H,3-6,8,11-12H2,1-2H3. The Morgan fingerprint density at radius 1 is 1.08 bits per heavy atom.